The molecule has 1 aliphatic carbocycles. The first kappa shape index (κ1) is 20.2. The van der Waals surface area contributed by atoms with Crippen molar-refractivity contribution in [3.05, 3.63) is 36.8 Å². The third-order valence-corrected chi connectivity index (χ3v) is 6.12. The average molecular weight is 432 g/mol. The van der Waals surface area contributed by atoms with Crippen molar-refractivity contribution in [1.29, 1.82) is 0 Å². The number of amides is 1. The van der Waals surface area contributed by atoms with E-state index in [1.54, 1.807) is 38.5 Å². The SMILES string of the molecule is COc1nc(N[C@H]2C[C@@](C)(C(=O)N(C)C)C2)nc2[nH]cc(-c3ccc4nccnc4c3)c12. The second-order valence-corrected chi connectivity index (χ2v) is 8.75. The van der Waals surface area contributed by atoms with Crippen LogP contribution in [0.5, 0.6) is 5.88 Å². The number of anilines is 1. The van der Waals surface area contributed by atoms with Crippen LogP contribution in [0.4, 0.5) is 5.95 Å². The van der Waals surface area contributed by atoms with E-state index in [9.17, 15) is 4.79 Å². The Morgan fingerprint density at radius 1 is 1.19 bits per heavy atom. The monoisotopic (exact) mass is 431 g/mol. The molecule has 0 unspecified atom stereocenters. The largest absolute Gasteiger partial charge is 0.480 e. The van der Waals surface area contributed by atoms with E-state index < -0.39 is 0 Å². The van der Waals surface area contributed by atoms with E-state index in [1.165, 1.54) is 0 Å². The van der Waals surface area contributed by atoms with Crippen molar-refractivity contribution in [2.75, 3.05) is 26.5 Å². The van der Waals surface area contributed by atoms with Gasteiger partial charge in [0.1, 0.15) is 5.65 Å². The van der Waals surface area contributed by atoms with Gasteiger partial charge in [0.2, 0.25) is 17.7 Å². The van der Waals surface area contributed by atoms with Gasteiger partial charge in [-0.3, -0.25) is 14.8 Å². The summed E-state index contributed by atoms with van der Waals surface area (Å²) < 4.78 is 5.62. The summed E-state index contributed by atoms with van der Waals surface area (Å²) in [7, 11) is 5.19. The fourth-order valence-corrected chi connectivity index (χ4v) is 4.60. The number of hydrogen-bond donors (Lipinski definition) is 2. The van der Waals surface area contributed by atoms with E-state index in [-0.39, 0.29) is 17.4 Å². The predicted octanol–water partition coefficient (Wildman–Crippen LogP) is 3.25. The molecule has 1 aliphatic rings. The molecule has 1 fully saturated rings. The van der Waals surface area contributed by atoms with Gasteiger partial charge in [0.15, 0.2) is 0 Å². The maximum atomic E-state index is 12.4. The summed E-state index contributed by atoms with van der Waals surface area (Å²) in [6.45, 7) is 2.00. The Bertz CT molecular complexity index is 1320. The number of carbonyl (C=O) groups is 1. The minimum atomic E-state index is -0.339. The van der Waals surface area contributed by atoms with Crippen molar-refractivity contribution < 1.29 is 9.53 Å². The molecular formula is C23H25N7O2. The lowest BCUT2D eigenvalue weighted by Crippen LogP contribution is -2.52. The molecule has 0 radical (unpaired) electrons. The number of hydrogen-bond acceptors (Lipinski definition) is 7. The van der Waals surface area contributed by atoms with E-state index >= 15 is 0 Å². The number of H-pyrrole nitrogens is 1. The smallest absolute Gasteiger partial charge is 0.228 e. The predicted molar refractivity (Wildman–Crippen MR) is 122 cm³/mol. The highest BCUT2D eigenvalue weighted by atomic mass is 16.5. The zero-order valence-corrected chi connectivity index (χ0v) is 18.5. The topological polar surface area (TPSA) is 109 Å². The van der Waals surface area contributed by atoms with E-state index in [4.69, 9.17) is 4.74 Å². The minimum absolute atomic E-state index is 0.138. The lowest BCUT2D eigenvalue weighted by atomic mass is 9.66. The lowest BCUT2D eigenvalue weighted by Gasteiger charge is -2.45. The van der Waals surface area contributed by atoms with Crippen molar-refractivity contribution in [3.8, 4) is 17.0 Å². The average Bonchev–Trinajstić information content (AvgIpc) is 3.20. The second-order valence-electron chi connectivity index (χ2n) is 8.75. The highest BCUT2D eigenvalue weighted by Crippen LogP contribution is 2.43. The van der Waals surface area contributed by atoms with Crippen LogP contribution < -0.4 is 10.1 Å². The summed E-state index contributed by atoms with van der Waals surface area (Å²) in [5.41, 5.74) is 3.91. The summed E-state index contributed by atoms with van der Waals surface area (Å²) in [5.74, 6) is 1.12. The minimum Gasteiger partial charge on any atom is -0.480 e. The highest BCUT2D eigenvalue weighted by molar-refractivity contribution is 5.99. The number of nitrogens with zero attached hydrogens (tertiary/aromatic N) is 5. The Morgan fingerprint density at radius 3 is 2.66 bits per heavy atom. The second kappa shape index (κ2) is 7.44. The number of nitrogens with one attached hydrogen (secondary N) is 2. The number of aromatic amines is 1. The molecule has 2 N–H and O–H groups in total. The summed E-state index contributed by atoms with van der Waals surface area (Å²) in [4.78, 5) is 35.3. The molecule has 1 saturated carbocycles. The van der Waals surface area contributed by atoms with Crippen LogP contribution in [0.2, 0.25) is 0 Å². The van der Waals surface area contributed by atoms with Crippen LogP contribution in [0, 0.1) is 5.41 Å². The van der Waals surface area contributed by atoms with Crippen molar-refractivity contribution in [3.63, 3.8) is 0 Å². The van der Waals surface area contributed by atoms with Crippen LogP contribution in [-0.2, 0) is 4.79 Å². The van der Waals surface area contributed by atoms with E-state index in [2.05, 4.69) is 30.2 Å². The molecule has 0 spiro atoms. The van der Waals surface area contributed by atoms with Gasteiger partial charge in [-0.2, -0.15) is 9.97 Å². The number of ether oxygens (including phenoxy) is 1. The van der Waals surface area contributed by atoms with E-state index in [1.807, 2.05) is 31.3 Å². The maximum absolute atomic E-state index is 12.4. The number of carbonyl (C=O) groups excluding carboxylic acids is 1. The lowest BCUT2D eigenvalue weighted by molar-refractivity contribution is -0.143. The Balaban J connectivity index is 1.44. The van der Waals surface area contributed by atoms with Gasteiger partial charge in [0, 0.05) is 44.3 Å². The van der Waals surface area contributed by atoms with Gasteiger partial charge in [0.25, 0.3) is 0 Å². The van der Waals surface area contributed by atoms with Crippen LogP contribution in [-0.4, -0.2) is 63.0 Å². The summed E-state index contributed by atoms with van der Waals surface area (Å²) in [5, 5.41) is 4.16. The normalized spacial score (nSPS) is 20.2. The van der Waals surface area contributed by atoms with Crippen molar-refractivity contribution in [2.45, 2.75) is 25.8 Å². The third kappa shape index (κ3) is 3.30. The van der Waals surface area contributed by atoms with Crippen molar-refractivity contribution in [2.24, 2.45) is 5.41 Å². The van der Waals surface area contributed by atoms with Gasteiger partial charge in [-0.15, -0.1) is 0 Å². The molecule has 9 nitrogen and oxygen atoms in total. The Morgan fingerprint density at radius 2 is 1.94 bits per heavy atom. The molecule has 0 bridgehead atoms. The van der Waals surface area contributed by atoms with Crippen molar-refractivity contribution in [1.82, 2.24) is 29.8 Å². The van der Waals surface area contributed by atoms with E-state index in [0.717, 1.165) is 40.4 Å². The molecule has 3 heterocycles. The number of benzene rings is 1. The molecule has 1 amide bonds. The van der Waals surface area contributed by atoms with Gasteiger partial charge in [-0.25, -0.2) is 0 Å². The molecule has 5 rings (SSSR count). The zero-order chi connectivity index (χ0) is 22.5. The van der Waals surface area contributed by atoms with Crippen LogP contribution in [0.3, 0.4) is 0 Å². The molecule has 164 valence electrons. The number of aromatic nitrogens is 5. The quantitative estimate of drug-likeness (QED) is 0.499. The fraction of sp³-hybridized carbons (Fsp3) is 0.348. The van der Waals surface area contributed by atoms with E-state index in [0.29, 0.717) is 17.5 Å². The Kier molecular flexibility index (Phi) is 4.69. The van der Waals surface area contributed by atoms with Gasteiger partial charge >= 0.3 is 0 Å². The van der Waals surface area contributed by atoms with Crippen molar-refractivity contribution >= 4 is 33.9 Å². The van der Waals surface area contributed by atoms with Gasteiger partial charge in [-0.1, -0.05) is 13.0 Å². The molecule has 9 heteroatoms. The Labute approximate surface area is 185 Å². The van der Waals surface area contributed by atoms with Crippen LogP contribution >= 0.6 is 0 Å². The zero-order valence-electron chi connectivity index (χ0n) is 18.5. The van der Waals surface area contributed by atoms with Crippen LogP contribution in [0.15, 0.2) is 36.8 Å². The standard InChI is InChI=1S/C23H25N7O2/c1-23(21(31)30(2)3)10-14(11-23)27-22-28-19-18(20(29-22)32-4)15(12-26-19)13-5-6-16-17(9-13)25-8-7-24-16/h5-9,12,14H,10-11H2,1-4H3,(H2,26,27,28,29)/t14-,23+. The summed E-state index contributed by atoms with van der Waals surface area (Å²) in [6.07, 6.45) is 6.74. The molecule has 0 saturated heterocycles. The summed E-state index contributed by atoms with van der Waals surface area (Å²) in [6, 6.07) is 6.08. The fourth-order valence-electron chi connectivity index (χ4n) is 4.60. The molecule has 4 aromatic rings. The number of methoxy groups -OCH3 is 1. The first-order valence-corrected chi connectivity index (χ1v) is 10.5. The first-order valence-electron chi connectivity index (χ1n) is 10.5. The van der Waals surface area contributed by atoms with Gasteiger partial charge < -0.3 is 19.9 Å². The number of rotatable bonds is 5. The summed E-state index contributed by atoms with van der Waals surface area (Å²) >= 11 is 0. The van der Waals surface area contributed by atoms with Gasteiger partial charge in [-0.05, 0) is 30.5 Å². The van der Waals surface area contributed by atoms with Crippen LogP contribution in [0.25, 0.3) is 33.2 Å². The maximum Gasteiger partial charge on any atom is 0.228 e. The third-order valence-electron chi connectivity index (χ3n) is 6.12. The molecule has 0 aliphatic heterocycles. The molecule has 3 aromatic heterocycles. The first-order chi connectivity index (χ1) is 15.4. The molecule has 1 aromatic carbocycles. The highest BCUT2D eigenvalue weighted by Gasteiger charge is 2.47. The molecule has 0 atom stereocenters. The molecular weight excluding hydrogens is 406 g/mol. The molecule has 32 heavy (non-hydrogen) atoms. The Hall–Kier alpha value is -3.75. The number of fused-ring (bicyclic) bond motifs is 2. The van der Waals surface area contributed by atoms with Crippen LogP contribution in [0.1, 0.15) is 19.8 Å². The van der Waals surface area contributed by atoms with Gasteiger partial charge in [0.05, 0.1) is 28.9 Å².